The Morgan fingerprint density at radius 3 is 2.68 bits per heavy atom. The Balaban J connectivity index is 1.56. The molecule has 0 aliphatic carbocycles. The summed E-state index contributed by atoms with van der Waals surface area (Å²) in [7, 11) is 0. The summed E-state index contributed by atoms with van der Waals surface area (Å²) in [5, 5.41) is 8.30. The number of carbonyl (C=O) groups excluding carboxylic acids is 1. The monoisotopic (exact) mass is 423 g/mol. The Kier molecular flexibility index (Phi) is 4.72. The molecule has 2 aromatic heterocycles. The highest BCUT2D eigenvalue weighted by molar-refractivity contribution is 5.86. The second kappa shape index (κ2) is 7.57. The van der Waals surface area contributed by atoms with Gasteiger partial charge in [-0.15, -0.1) is 4.80 Å². The molecule has 2 atom stereocenters. The van der Waals surface area contributed by atoms with Gasteiger partial charge in [-0.1, -0.05) is 0 Å². The SMILES string of the molecule is C[C@@H]1CC[C@@H](c2nc3cc(F)ccc3o2)CN1c1cc(F)cc(C=O)c1-n1nccn1. The maximum atomic E-state index is 14.4. The lowest BCUT2D eigenvalue weighted by molar-refractivity contribution is 0.112. The Labute approximate surface area is 176 Å². The number of rotatable bonds is 4. The normalized spacial score (nSPS) is 19.1. The number of anilines is 1. The number of oxazole rings is 1. The zero-order valence-electron chi connectivity index (χ0n) is 16.7. The lowest BCUT2D eigenvalue weighted by Gasteiger charge is -2.39. The standard InChI is InChI=1S/C22H19F2N5O2/c1-13-2-3-14(22-27-18-9-16(23)4-5-20(18)31-22)11-28(13)19-10-17(24)8-15(12-30)21(19)29-25-6-7-26-29/h4-10,12-14H,2-3,11H2,1H3/t13-,14-/m1/s1. The van der Waals surface area contributed by atoms with Gasteiger partial charge < -0.3 is 9.32 Å². The van der Waals surface area contributed by atoms with Crippen LogP contribution in [-0.2, 0) is 0 Å². The molecule has 0 bridgehead atoms. The summed E-state index contributed by atoms with van der Waals surface area (Å²) in [4.78, 5) is 19.5. The molecule has 1 aliphatic rings. The van der Waals surface area contributed by atoms with Crippen LogP contribution in [0.3, 0.4) is 0 Å². The van der Waals surface area contributed by atoms with E-state index in [4.69, 9.17) is 4.42 Å². The fraction of sp³-hybridized carbons (Fsp3) is 0.273. The zero-order chi connectivity index (χ0) is 21.5. The molecular formula is C22H19F2N5O2. The minimum absolute atomic E-state index is 0.0759. The number of nitrogens with zero attached hydrogens (tertiary/aromatic N) is 5. The lowest BCUT2D eigenvalue weighted by Crippen LogP contribution is -2.42. The largest absolute Gasteiger partial charge is 0.440 e. The van der Waals surface area contributed by atoms with Gasteiger partial charge in [0.05, 0.1) is 24.0 Å². The number of hydrogen-bond acceptors (Lipinski definition) is 6. The van der Waals surface area contributed by atoms with Gasteiger partial charge in [0.15, 0.2) is 17.8 Å². The number of aromatic nitrogens is 4. The predicted octanol–water partition coefficient (Wildman–Crippen LogP) is 4.27. The Morgan fingerprint density at radius 2 is 1.90 bits per heavy atom. The van der Waals surface area contributed by atoms with Crippen LogP contribution in [0.4, 0.5) is 14.5 Å². The number of aldehydes is 1. The van der Waals surface area contributed by atoms with E-state index >= 15 is 0 Å². The summed E-state index contributed by atoms with van der Waals surface area (Å²) in [6.45, 7) is 2.54. The third-order valence-corrected chi connectivity index (χ3v) is 5.74. The van der Waals surface area contributed by atoms with Crippen molar-refractivity contribution < 1.29 is 18.0 Å². The van der Waals surface area contributed by atoms with Crippen molar-refractivity contribution in [2.45, 2.75) is 31.7 Å². The van der Waals surface area contributed by atoms with Crippen molar-refractivity contribution in [1.82, 2.24) is 20.0 Å². The highest BCUT2D eigenvalue weighted by Gasteiger charge is 2.32. The highest BCUT2D eigenvalue weighted by atomic mass is 19.1. The van der Waals surface area contributed by atoms with Crippen LogP contribution in [0, 0.1) is 11.6 Å². The first-order valence-electron chi connectivity index (χ1n) is 10.0. The predicted molar refractivity (Wildman–Crippen MR) is 109 cm³/mol. The number of carbonyl (C=O) groups is 1. The molecule has 1 fully saturated rings. The Bertz CT molecular complexity index is 1250. The first-order chi connectivity index (χ1) is 15.0. The summed E-state index contributed by atoms with van der Waals surface area (Å²) >= 11 is 0. The topological polar surface area (TPSA) is 77.0 Å². The molecule has 0 N–H and O–H groups in total. The number of benzene rings is 2. The molecule has 3 heterocycles. The molecule has 7 nitrogen and oxygen atoms in total. The maximum absolute atomic E-state index is 14.4. The first kappa shape index (κ1) is 19.3. The molecule has 2 aromatic carbocycles. The van der Waals surface area contributed by atoms with E-state index in [0.29, 0.717) is 41.2 Å². The van der Waals surface area contributed by atoms with Crippen molar-refractivity contribution in [2.24, 2.45) is 0 Å². The van der Waals surface area contributed by atoms with Gasteiger partial charge in [0.25, 0.3) is 0 Å². The molecule has 0 amide bonds. The molecular weight excluding hydrogens is 404 g/mol. The summed E-state index contributed by atoms with van der Waals surface area (Å²) in [6.07, 6.45) is 5.23. The fourth-order valence-electron chi connectivity index (χ4n) is 4.20. The van der Waals surface area contributed by atoms with Crippen LogP contribution < -0.4 is 4.90 Å². The van der Waals surface area contributed by atoms with Crippen LogP contribution in [0.15, 0.2) is 47.1 Å². The third-order valence-electron chi connectivity index (χ3n) is 5.74. The number of piperidine rings is 1. The van der Waals surface area contributed by atoms with Crippen LogP contribution in [0.1, 0.15) is 41.9 Å². The van der Waals surface area contributed by atoms with Crippen molar-refractivity contribution in [3.63, 3.8) is 0 Å². The van der Waals surface area contributed by atoms with E-state index in [0.717, 1.165) is 12.8 Å². The van der Waals surface area contributed by atoms with Gasteiger partial charge in [-0.25, -0.2) is 13.8 Å². The molecule has 1 saturated heterocycles. The Morgan fingerprint density at radius 1 is 1.10 bits per heavy atom. The van der Waals surface area contributed by atoms with Gasteiger partial charge in [0.2, 0.25) is 0 Å². The van der Waals surface area contributed by atoms with Crippen molar-refractivity contribution >= 4 is 23.1 Å². The van der Waals surface area contributed by atoms with E-state index in [1.54, 1.807) is 6.07 Å². The fourth-order valence-corrected chi connectivity index (χ4v) is 4.20. The van der Waals surface area contributed by atoms with Crippen LogP contribution in [0.25, 0.3) is 16.8 Å². The van der Waals surface area contributed by atoms with E-state index in [1.165, 1.54) is 41.5 Å². The highest BCUT2D eigenvalue weighted by Crippen LogP contribution is 2.37. The molecule has 4 aromatic rings. The molecule has 0 unspecified atom stereocenters. The van der Waals surface area contributed by atoms with Gasteiger partial charge in [0, 0.05) is 24.2 Å². The molecule has 0 spiro atoms. The van der Waals surface area contributed by atoms with Crippen LogP contribution >= 0.6 is 0 Å². The van der Waals surface area contributed by atoms with Crippen molar-refractivity contribution in [3.05, 3.63) is 65.8 Å². The average molecular weight is 423 g/mol. The molecule has 0 saturated carbocycles. The van der Waals surface area contributed by atoms with Gasteiger partial charge in [0.1, 0.15) is 22.8 Å². The average Bonchev–Trinajstić information content (AvgIpc) is 3.43. The quantitative estimate of drug-likeness (QED) is 0.456. The Hall–Kier alpha value is -3.62. The molecule has 31 heavy (non-hydrogen) atoms. The van der Waals surface area contributed by atoms with E-state index in [1.807, 2.05) is 11.8 Å². The summed E-state index contributed by atoms with van der Waals surface area (Å²) < 4.78 is 33.8. The van der Waals surface area contributed by atoms with Crippen LogP contribution in [0.5, 0.6) is 0 Å². The second-order valence-electron chi connectivity index (χ2n) is 7.74. The van der Waals surface area contributed by atoms with Gasteiger partial charge in [-0.05, 0) is 44.0 Å². The zero-order valence-corrected chi connectivity index (χ0v) is 16.7. The number of fused-ring (bicyclic) bond motifs is 1. The van der Waals surface area contributed by atoms with Crippen molar-refractivity contribution in [1.29, 1.82) is 0 Å². The first-order valence-corrected chi connectivity index (χ1v) is 10.0. The maximum Gasteiger partial charge on any atom is 0.200 e. The smallest absolute Gasteiger partial charge is 0.200 e. The summed E-state index contributed by atoms with van der Waals surface area (Å²) in [5.74, 6) is -0.445. The molecule has 1 aliphatic heterocycles. The van der Waals surface area contributed by atoms with Crippen LogP contribution in [0.2, 0.25) is 0 Å². The van der Waals surface area contributed by atoms with Gasteiger partial charge in [-0.3, -0.25) is 4.79 Å². The molecule has 0 radical (unpaired) electrons. The summed E-state index contributed by atoms with van der Waals surface area (Å²) in [5.41, 5.74) is 2.11. The van der Waals surface area contributed by atoms with E-state index < -0.39 is 5.82 Å². The van der Waals surface area contributed by atoms with Crippen LogP contribution in [-0.4, -0.2) is 38.9 Å². The van der Waals surface area contributed by atoms with E-state index in [2.05, 4.69) is 15.2 Å². The van der Waals surface area contributed by atoms with Gasteiger partial charge >= 0.3 is 0 Å². The van der Waals surface area contributed by atoms with Crippen molar-refractivity contribution in [2.75, 3.05) is 11.4 Å². The minimum Gasteiger partial charge on any atom is -0.440 e. The molecule has 9 heteroatoms. The summed E-state index contributed by atoms with van der Waals surface area (Å²) in [6, 6.07) is 6.89. The third kappa shape index (κ3) is 3.45. The minimum atomic E-state index is -0.514. The number of halogens is 2. The lowest BCUT2D eigenvalue weighted by atomic mass is 9.92. The van der Waals surface area contributed by atoms with Gasteiger partial charge in [-0.2, -0.15) is 10.2 Å². The second-order valence-corrected chi connectivity index (χ2v) is 7.74. The van der Waals surface area contributed by atoms with E-state index in [-0.39, 0.29) is 23.3 Å². The molecule has 5 rings (SSSR count). The van der Waals surface area contributed by atoms with Crippen molar-refractivity contribution in [3.8, 4) is 5.69 Å². The number of hydrogen-bond donors (Lipinski definition) is 0. The molecule has 158 valence electrons. The van der Waals surface area contributed by atoms with E-state index in [9.17, 15) is 13.6 Å².